The molecule has 1 atom stereocenters. The Morgan fingerprint density at radius 1 is 0.944 bits per heavy atom. The fraction of sp³-hybridized carbons (Fsp3) is 0.321. The number of sulfonamides is 1. The third kappa shape index (κ3) is 6.05. The van der Waals surface area contributed by atoms with Crippen LogP contribution in [-0.4, -0.2) is 34.0 Å². The maximum absolute atomic E-state index is 13.5. The van der Waals surface area contributed by atoms with Crippen molar-refractivity contribution in [2.45, 2.75) is 44.0 Å². The average Bonchev–Trinajstić information content (AvgIpc) is 2.89. The number of carbonyl (C=O) groups is 1. The molecule has 0 aliphatic carbocycles. The van der Waals surface area contributed by atoms with E-state index in [-0.39, 0.29) is 16.6 Å². The van der Waals surface area contributed by atoms with Gasteiger partial charge in [0.15, 0.2) is 0 Å². The van der Waals surface area contributed by atoms with Crippen LogP contribution in [0.3, 0.4) is 0 Å². The Hall–Kier alpha value is -3.39. The van der Waals surface area contributed by atoms with Crippen LogP contribution in [0, 0.1) is 12.7 Å². The summed E-state index contributed by atoms with van der Waals surface area (Å²) in [6, 6.07) is 19.3. The molecule has 1 aliphatic heterocycles. The Kier molecular flexibility index (Phi) is 7.94. The minimum absolute atomic E-state index is 0.0616. The van der Waals surface area contributed by atoms with E-state index < -0.39 is 28.3 Å². The number of piperidine rings is 1. The number of hydrogen-bond acceptors (Lipinski definition) is 4. The van der Waals surface area contributed by atoms with Gasteiger partial charge in [-0.3, -0.25) is 9.10 Å². The highest BCUT2D eigenvalue weighted by atomic mass is 32.2. The molecule has 0 radical (unpaired) electrons. The summed E-state index contributed by atoms with van der Waals surface area (Å²) in [4.78, 5) is 15.5. The van der Waals surface area contributed by atoms with Gasteiger partial charge in [0, 0.05) is 18.8 Å². The highest BCUT2D eigenvalue weighted by Crippen LogP contribution is 2.25. The summed E-state index contributed by atoms with van der Waals surface area (Å²) in [5.74, 6) is -0.944. The zero-order valence-electron chi connectivity index (χ0n) is 20.7. The lowest BCUT2D eigenvalue weighted by molar-refractivity contribution is -0.120. The second kappa shape index (κ2) is 11.1. The van der Waals surface area contributed by atoms with Crippen LogP contribution in [0.5, 0.6) is 0 Å². The molecule has 8 heteroatoms. The molecule has 0 spiro atoms. The molecule has 1 fully saturated rings. The predicted octanol–water partition coefficient (Wildman–Crippen LogP) is 5.20. The molecular formula is C28H32FN3O3S. The van der Waals surface area contributed by atoms with Crippen LogP contribution in [0.15, 0.2) is 77.7 Å². The number of anilines is 2. The van der Waals surface area contributed by atoms with E-state index >= 15 is 0 Å². The number of benzene rings is 3. The second-order valence-corrected chi connectivity index (χ2v) is 11.1. The maximum atomic E-state index is 13.5. The fourth-order valence-electron chi connectivity index (χ4n) is 4.39. The van der Waals surface area contributed by atoms with Gasteiger partial charge in [0.25, 0.3) is 10.0 Å². The summed E-state index contributed by atoms with van der Waals surface area (Å²) in [5, 5.41) is 2.91. The minimum Gasteiger partial charge on any atom is -0.372 e. The van der Waals surface area contributed by atoms with Crippen LogP contribution in [0.25, 0.3) is 0 Å². The van der Waals surface area contributed by atoms with Crippen LogP contribution in [-0.2, 0) is 14.8 Å². The molecule has 0 bridgehead atoms. The van der Waals surface area contributed by atoms with Crippen LogP contribution in [0.4, 0.5) is 15.8 Å². The molecule has 3 aromatic rings. The quantitative estimate of drug-likeness (QED) is 0.453. The summed E-state index contributed by atoms with van der Waals surface area (Å²) in [6.45, 7) is 5.41. The zero-order chi connectivity index (χ0) is 25.7. The average molecular weight is 510 g/mol. The van der Waals surface area contributed by atoms with E-state index in [1.807, 2.05) is 26.0 Å². The Bertz CT molecular complexity index is 1270. The predicted molar refractivity (Wildman–Crippen MR) is 141 cm³/mol. The number of aryl methyl sites for hydroxylation is 1. The molecule has 1 saturated heterocycles. The van der Waals surface area contributed by atoms with Gasteiger partial charge in [0.05, 0.1) is 16.6 Å². The third-order valence-corrected chi connectivity index (χ3v) is 8.29. The van der Waals surface area contributed by atoms with Gasteiger partial charge in [0.1, 0.15) is 12.4 Å². The van der Waals surface area contributed by atoms with E-state index in [1.165, 1.54) is 61.3 Å². The summed E-state index contributed by atoms with van der Waals surface area (Å²) >= 11 is 0. The number of carbonyl (C=O) groups excluding carboxylic acids is 1. The van der Waals surface area contributed by atoms with E-state index in [9.17, 15) is 17.6 Å². The van der Waals surface area contributed by atoms with E-state index in [0.29, 0.717) is 0 Å². The van der Waals surface area contributed by atoms with Crippen molar-refractivity contribution < 1.29 is 17.6 Å². The second-order valence-electron chi connectivity index (χ2n) is 9.23. The number of amides is 1. The molecule has 1 amide bonds. The van der Waals surface area contributed by atoms with Gasteiger partial charge < -0.3 is 10.2 Å². The highest BCUT2D eigenvalue weighted by Gasteiger charge is 2.28. The Labute approximate surface area is 212 Å². The van der Waals surface area contributed by atoms with Crippen LogP contribution < -0.4 is 14.5 Å². The minimum atomic E-state index is -4.05. The summed E-state index contributed by atoms with van der Waals surface area (Å²) in [7, 11) is -4.05. The molecule has 1 aliphatic rings. The monoisotopic (exact) mass is 509 g/mol. The standard InChI is InChI=1S/C28H32FN3O3S/c1-21-6-16-27(17-7-21)36(34,35)32(26-14-10-24(29)11-15-26)20-28(33)30-22(2)23-8-12-25(13-9-23)31-18-4-3-5-19-31/h6-17,22H,3-5,18-20H2,1-2H3,(H,30,33). The van der Waals surface area contributed by atoms with E-state index in [4.69, 9.17) is 0 Å². The third-order valence-electron chi connectivity index (χ3n) is 6.50. The maximum Gasteiger partial charge on any atom is 0.264 e. The van der Waals surface area contributed by atoms with Crippen LogP contribution >= 0.6 is 0 Å². The van der Waals surface area contributed by atoms with Crippen molar-refractivity contribution in [2.24, 2.45) is 0 Å². The lowest BCUT2D eigenvalue weighted by Crippen LogP contribution is -2.41. The first-order chi connectivity index (χ1) is 17.2. The fourth-order valence-corrected chi connectivity index (χ4v) is 5.81. The first kappa shape index (κ1) is 25.7. The molecule has 190 valence electrons. The highest BCUT2D eigenvalue weighted by molar-refractivity contribution is 7.92. The normalized spacial score (nSPS) is 14.8. The van der Waals surface area contributed by atoms with Gasteiger partial charge in [-0.1, -0.05) is 29.8 Å². The van der Waals surface area contributed by atoms with E-state index in [2.05, 4.69) is 22.3 Å². The number of nitrogens with zero attached hydrogens (tertiary/aromatic N) is 2. The molecular weight excluding hydrogens is 477 g/mol. The van der Waals surface area contributed by atoms with Crippen molar-refractivity contribution in [1.82, 2.24) is 5.32 Å². The summed E-state index contributed by atoms with van der Waals surface area (Å²) < 4.78 is 41.5. The molecule has 6 nitrogen and oxygen atoms in total. The van der Waals surface area contributed by atoms with Crippen LogP contribution in [0.1, 0.15) is 43.4 Å². The molecule has 1 N–H and O–H groups in total. The number of halogens is 1. The van der Waals surface area contributed by atoms with Crippen LogP contribution in [0.2, 0.25) is 0 Å². The van der Waals surface area contributed by atoms with E-state index in [0.717, 1.165) is 28.5 Å². The number of hydrogen-bond donors (Lipinski definition) is 1. The zero-order valence-corrected chi connectivity index (χ0v) is 21.5. The van der Waals surface area contributed by atoms with Crippen molar-refractivity contribution in [1.29, 1.82) is 0 Å². The number of nitrogens with one attached hydrogen (secondary N) is 1. The van der Waals surface area contributed by atoms with Gasteiger partial charge in [-0.25, -0.2) is 12.8 Å². The Morgan fingerprint density at radius 2 is 1.56 bits per heavy atom. The first-order valence-electron chi connectivity index (χ1n) is 12.2. The van der Waals surface area contributed by atoms with Crippen molar-refractivity contribution in [3.63, 3.8) is 0 Å². The summed E-state index contributed by atoms with van der Waals surface area (Å²) in [5.41, 5.74) is 3.23. The lowest BCUT2D eigenvalue weighted by Gasteiger charge is -2.29. The Morgan fingerprint density at radius 3 is 2.17 bits per heavy atom. The molecule has 3 aromatic carbocycles. The largest absolute Gasteiger partial charge is 0.372 e. The molecule has 1 heterocycles. The lowest BCUT2D eigenvalue weighted by atomic mass is 10.1. The molecule has 36 heavy (non-hydrogen) atoms. The summed E-state index contributed by atoms with van der Waals surface area (Å²) in [6.07, 6.45) is 3.67. The molecule has 4 rings (SSSR count). The van der Waals surface area contributed by atoms with Crippen molar-refractivity contribution >= 4 is 27.3 Å². The first-order valence-corrected chi connectivity index (χ1v) is 13.7. The van der Waals surface area contributed by atoms with E-state index in [1.54, 1.807) is 12.1 Å². The van der Waals surface area contributed by atoms with Crippen molar-refractivity contribution in [3.05, 3.63) is 89.7 Å². The smallest absolute Gasteiger partial charge is 0.264 e. The molecule has 1 unspecified atom stereocenters. The van der Waals surface area contributed by atoms with Gasteiger partial charge >= 0.3 is 0 Å². The number of rotatable bonds is 8. The topological polar surface area (TPSA) is 69.7 Å². The van der Waals surface area contributed by atoms with Gasteiger partial charge in [-0.15, -0.1) is 0 Å². The molecule has 0 saturated carbocycles. The van der Waals surface area contributed by atoms with Crippen molar-refractivity contribution in [2.75, 3.05) is 28.8 Å². The van der Waals surface area contributed by atoms with Gasteiger partial charge in [-0.2, -0.15) is 0 Å². The molecule has 0 aromatic heterocycles. The van der Waals surface area contributed by atoms with Gasteiger partial charge in [-0.05, 0) is 87.2 Å². The van der Waals surface area contributed by atoms with Crippen molar-refractivity contribution in [3.8, 4) is 0 Å². The Balaban J connectivity index is 1.50. The van der Waals surface area contributed by atoms with Gasteiger partial charge in [0.2, 0.25) is 5.91 Å². The SMILES string of the molecule is Cc1ccc(S(=O)(=O)N(CC(=O)NC(C)c2ccc(N3CCCCC3)cc2)c2ccc(F)cc2)cc1.